The van der Waals surface area contributed by atoms with E-state index in [-0.39, 0.29) is 6.54 Å². The van der Waals surface area contributed by atoms with Crippen LogP contribution in [0.2, 0.25) is 0 Å². The fourth-order valence-electron chi connectivity index (χ4n) is 2.67. The van der Waals surface area contributed by atoms with Crippen molar-refractivity contribution in [3.05, 3.63) is 65.2 Å². The van der Waals surface area contributed by atoms with Crippen LogP contribution in [-0.4, -0.2) is 22.2 Å². The second-order valence-corrected chi connectivity index (χ2v) is 6.30. The summed E-state index contributed by atoms with van der Waals surface area (Å²) in [6, 6.07) is 4.75. The van der Waals surface area contributed by atoms with Crippen molar-refractivity contribution in [3.63, 3.8) is 0 Å². The molecule has 1 aliphatic carbocycles. The minimum Gasteiger partial charge on any atom is -0.369 e. The summed E-state index contributed by atoms with van der Waals surface area (Å²) in [4.78, 5) is 16.2. The van der Waals surface area contributed by atoms with Crippen molar-refractivity contribution in [2.45, 2.75) is 37.1 Å². The average Bonchev–Trinajstić information content (AvgIpc) is 3.44. The van der Waals surface area contributed by atoms with Crippen LogP contribution in [0, 0.1) is 5.82 Å². The number of pyridine rings is 1. The molecule has 1 aromatic heterocycles. The number of halogens is 4. The third-order valence-corrected chi connectivity index (χ3v) is 4.32. The highest BCUT2D eigenvalue weighted by Gasteiger charge is 2.60. The molecule has 0 spiro atoms. The highest BCUT2D eigenvalue weighted by atomic mass is 19.4. The molecule has 1 saturated carbocycles. The molecule has 0 radical (unpaired) electrons. The minimum atomic E-state index is -5.27. The molecule has 1 aliphatic rings. The predicted molar refractivity (Wildman–Crippen MR) is 84.4 cm³/mol. The lowest BCUT2D eigenvalue weighted by Crippen LogP contribution is -2.54. The van der Waals surface area contributed by atoms with Gasteiger partial charge in [0, 0.05) is 24.5 Å². The number of hydrogen-bond acceptors (Lipinski definition) is 3. The zero-order chi connectivity index (χ0) is 18.9. The number of alkyl halides is 3. The van der Waals surface area contributed by atoms with Crippen LogP contribution < -0.4 is 5.32 Å². The van der Waals surface area contributed by atoms with Gasteiger partial charge in [-0.2, -0.15) is 13.2 Å². The molecule has 0 unspecified atom stereocenters. The number of hydrogen-bond donors (Lipinski definition) is 2. The van der Waals surface area contributed by atoms with Crippen molar-refractivity contribution >= 4 is 5.91 Å². The average molecular weight is 368 g/mol. The molecule has 8 heteroatoms. The summed E-state index contributed by atoms with van der Waals surface area (Å²) in [5.41, 5.74) is -3.02. The molecule has 0 saturated heterocycles. The molecule has 4 nitrogen and oxygen atoms in total. The molecule has 0 aliphatic heterocycles. The van der Waals surface area contributed by atoms with Crippen LogP contribution in [0.25, 0.3) is 0 Å². The third kappa shape index (κ3) is 3.55. The Hall–Kier alpha value is -2.48. The number of nitrogens with one attached hydrogen (secondary N) is 1. The van der Waals surface area contributed by atoms with Gasteiger partial charge in [0.05, 0.1) is 0 Å². The lowest BCUT2D eigenvalue weighted by atomic mass is 9.92. The van der Waals surface area contributed by atoms with Gasteiger partial charge in [-0.3, -0.25) is 9.78 Å². The number of rotatable bonds is 5. The Morgan fingerprint density at radius 3 is 2.42 bits per heavy atom. The molecular weight excluding hydrogens is 352 g/mol. The molecule has 138 valence electrons. The summed E-state index contributed by atoms with van der Waals surface area (Å²) < 4.78 is 53.3. The minimum absolute atomic E-state index is 0.216. The van der Waals surface area contributed by atoms with Gasteiger partial charge in [0.25, 0.3) is 11.5 Å². The Morgan fingerprint density at radius 2 is 1.85 bits per heavy atom. The van der Waals surface area contributed by atoms with Gasteiger partial charge in [-0.05, 0) is 42.0 Å². The van der Waals surface area contributed by atoms with Gasteiger partial charge in [-0.25, -0.2) is 4.39 Å². The van der Waals surface area contributed by atoms with Crippen molar-refractivity contribution in [2.24, 2.45) is 0 Å². The van der Waals surface area contributed by atoms with Crippen molar-refractivity contribution in [1.29, 1.82) is 0 Å². The standard InChI is InChI=1S/C18H16F4N2O2/c19-15-5-3-14(4-6-15)17(26,18(20,21)22)16(25)24-9-11-7-13(10-23-8-11)12-1-2-12/h3-8,10,12,26H,1-2,9H2,(H,24,25)/t17-/m0/s1. The van der Waals surface area contributed by atoms with E-state index in [1.165, 1.54) is 6.20 Å². The van der Waals surface area contributed by atoms with Gasteiger partial charge in [-0.15, -0.1) is 0 Å². The number of nitrogens with zero attached hydrogens (tertiary/aromatic N) is 1. The molecule has 1 atom stereocenters. The molecule has 1 aromatic carbocycles. The van der Waals surface area contributed by atoms with E-state index >= 15 is 0 Å². The molecule has 1 heterocycles. The van der Waals surface area contributed by atoms with E-state index in [2.05, 4.69) is 10.3 Å². The van der Waals surface area contributed by atoms with E-state index in [1.54, 1.807) is 12.3 Å². The summed E-state index contributed by atoms with van der Waals surface area (Å²) in [7, 11) is 0. The smallest absolute Gasteiger partial charge is 0.369 e. The maximum atomic E-state index is 13.4. The highest BCUT2D eigenvalue weighted by Crippen LogP contribution is 2.40. The Morgan fingerprint density at radius 1 is 1.19 bits per heavy atom. The maximum absolute atomic E-state index is 13.4. The number of carbonyl (C=O) groups is 1. The van der Waals surface area contributed by atoms with Crippen molar-refractivity contribution in [3.8, 4) is 0 Å². The summed E-state index contributed by atoms with van der Waals surface area (Å²) in [6.07, 6.45) is -0.0704. The Balaban J connectivity index is 1.80. The molecular formula is C18H16F4N2O2. The fourth-order valence-corrected chi connectivity index (χ4v) is 2.67. The van der Waals surface area contributed by atoms with Gasteiger partial charge < -0.3 is 10.4 Å². The van der Waals surface area contributed by atoms with Crippen molar-refractivity contribution < 1.29 is 27.5 Å². The normalized spacial score (nSPS) is 16.8. The van der Waals surface area contributed by atoms with Crippen LogP contribution >= 0.6 is 0 Å². The molecule has 3 rings (SSSR count). The lowest BCUT2D eigenvalue weighted by Gasteiger charge is -2.29. The Kier molecular flexibility index (Phi) is 4.70. The monoisotopic (exact) mass is 368 g/mol. The number of benzene rings is 1. The molecule has 2 aromatic rings. The first-order valence-electron chi connectivity index (χ1n) is 7.99. The second-order valence-electron chi connectivity index (χ2n) is 6.30. The van der Waals surface area contributed by atoms with E-state index in [4.69, 9.17) is 0 Å². The van der Waals surface area contributed by atoms with E-state index in [0.29, 0.717) is 11.5 Å². The first kappa shape index (κ1) is 18.3. The second kappa shape index (κ2) is 6.68. The molecule has 1 fully saturated rings. The number of aromatic nitrogens is 1. The summed E-state index contributed by atoms with van der Waals surface area (Å²) >= 11 is 0. The quantitative estimate of drug-likeness (QED) is 0.797. The largest absolute Gasteiger partial charge is 0.430 e. The maximum Gasteiger partial charge on any atom is 0.430 e. The molecule has 2 N–H and O–H groups in total. The van der Waals surface area contributed by atoms with Crippen LogP contribution in [0.1, 0.15) is 35.4 Å². The van der Waals surface area contributed by atoms with E-state index in [0.717, 1.165) is 42.7 Å². The van der Waals surface area contributed by atoms with E-state index in [9.17, 15) is 27.5 Å². The third-order valence-electron chi connectivity index (χ3n) is 4.32. The van der Waals surface area contributed by atoms with Crippen LogP contribution in [0.3, 0.4) is 0 Å². The van der Waals surface area contributed by atoms with Gasteiger partial charge >= 0.3 is 6.18 Å². The van der Waals surface area contributed by atoms with Gasteiger partial charge in [0.15, 0.2) is 0 Å². The van der Waals surface area contributed by atoms with Gasteiger partial charge in [0.2, 0.25) is 0 Å². The molecule has 0 bridgehead atoms. The van der Waals surface area contributed by atoms with Gasteiger partial charge in [0.1, 0.15) is 5.82 Å². The molecule has 26 heavy (non-hydrogen) atoms. The van der Waals surface area contributed by atoms with Crippen LogP contribution in [0.15, 0.2) is 42.7 Å². The zero-order valence-corrected chi connectivity index (χ0v) is 13.6. The molecule has 1 amide bonds. The lowest BCUT2D eigenvalue weighted by molar-refractivity contribution is -0.257. The van der Waals surface area contributed by atoms with Crippen molar-refractivity contribution in [2.75, 3.05) is 0 Å². The first-order valence-corrected chi connectivity index (χ1v) is 7.99. The SMILES string of the molecule is O=C(NCc1cncc(C2CC2)c1)[C@@](O)(c1ccc(F)cc1)C(F)(F)F. The van der Waals surface area contributed by atoms with Crippen LogP contribution in [-0.2, 0) is 16.9 Å². The summed E-state index contributed by atoms with van der Waals surface area (Å²) in [6.45, 7) is -0.216. The van der Waals surface area contributed by atoms with E-state index < -0.39 is 29.1 Å². The van der Waals surface area contributed by atoms with Crippen LogP contribution in [0.4, 0.5) is 17.6 Å². The first-order chi connectivity index (χ1) is 12.2. The van der Waals surface area contributed by atoms with E-state index in [1.807, 2.05) is 0 Å². The predicted octanol–water partition coefficient (Wildman–Crippen LogP) is 3.16. The van der Waals surface area contributed by atoms with Crippen LogP contribution in [0.5, 0.6) is 0 Å². The number of carbonyl (C=O) groups excluding carboxylic acids is 1. The zero-order valence-electron chi connectivity index (χ0n) is 13.6. The highest BCUT2D eigenvalue weighted by molar-refractivity contribution is 5.87. The Labute approximate surface area is 146 Å². The topological polar surface area (TPSA) is 62.2 Å². The van der Waals surface area contributed by atoms with Gasteiger partial charge in [-0.1, -0.05) is 18.2 Å². The van der Waals surface area contributed by atoms with Crippen molar-refractivity contribution in [1.82, 2.24) is 10.3 Å². The number of aliphatic hydroxyl groups is 1. The Bertz CT molecular complexity index is 804. The summed E-state index contributed by atoms with van der Waals surface area (Å²) in [5, 5.41) is 12.2. The fraction of sp³-hybridized carbons (Fsp3) is 0.333. The number of amides is 1. The summed E-state index contributed by atoms with van der Waals surface area (Å²) in [5.74, 6) is -2.00.